The van der Waals surface area contributed by atoms with E-state index in [0.717, 1.165) is 11.3 Å². The summed E-state index contributed by atoms with van der Waals surface area (Å²) in [6.07, 6.45) is 1.67. The zero-order chi connectivity index (χ0) is 17.1. The van der Waals surface area contributed by atoms with Crippen molar-refractivity contribution in [3.05, 3.63) is 48.2 Å². The second-order valence-electron chi connectivity index (χ2n) is 5.68. The van der Waals surface area contributed by atoms with Crippen molar-refractivity contribution in [1.29, 1.82) is 0 Å². The normalized spacial score (nSPS) is 12.3. The summed E-state index contributed by atoms with van der Waals surface area (Å²) in [5, 5.41) is 17.0. The first-order valence-electron chi connectivity index (χ1n) is 7.97. The van der Waals surface area contributed by atoms with Crippen LogP contribution in [0, 0.1) is 0 Å². The molecule has 2 N–H and O–H groups in total. The summed E-state index contributed by atoms with van der Waals surface area (Å²) >= 11 is 0. The van der Waals surface area contributed by atoms with Crippen LogP contribution < -0.4 is 5.32 Å². The molecule has 6 heteroatoms. The number of aromatic nitrogens is 3. The third-order valence-corrected chi connectivity index (χ3v) is 3.87. The van der Waals surface area contributed by atoms with Gasteiger partial charge in [-0.2, -0.15) is 5.10 Å². The Bertz CT molecular complexity index is 858. The first kappa shape index (κ1) is 16.1. The minimum absolute atomic E-state index is 0.111. The number of aryl methyl sites for hydroxylation is 1. The highest BCUT2D eigenvalue weighted by atomic mass is 16.3. The number of pyridine rings is 1. The average molecular weight is 324 g/mol. The van der Waals surface area contributed by atoms with E-state index in [9.17, 15) is 9.90 Å². The molecule has 0 aliphatic rings. The zero-order valence-corrected chi connectivity index (χ0v) is 13.7. The third-order valence-electron chi connectivity index (χ3n) is 3.87. The maximum Gasteiger partial charge on any atom is 0.252 e. The van der Waals surface area contributed by atoms with E-state index in [1.807, 2.05) is 37.3 Å². The molecule has 24 heavy (non-hydrogen) atoms. The monoisotopic (exact) mass is 324 g/mol. The van der Waals surface area contributed by atoms with Gasteiger partial charge >= 0.3 is 0 Å². The zero-order valence-electron chi connectivity index (χ0n) is 13.7. The molecule has 3 rings (SSSR count). The Morgan fingerprint density at radius 1 is 1.33 bits per heavy atom. The number of nitrogens with one attached hydrogen (secondary N) is 1. The highest BCUT2D eigenvalue weighted by Gasteiger charge is 2.18. The molecule has 0 saturated carbocycles. The summed E-state index contributed by atoms with van der Waals surface area (Å²) in [6, 6.07) is 11.2. The molecule has 0 spiro atoms. The number of benzene rings is 1. The molecule has 1 amide bonds. The molecule has 3 aromatic rings. The number of hydrogen-bond donors (Lipinski definition) is 2. The van der Waals surface area contributed by atoms with E-state index < -0.39 is 0 Å². The molecule has 1 aromatic carbocycles. The van der Waals surface area contributed by atoms with Crippen molar-refractivity contribution in [2.45, 2.75) is 26.4 Å². The summed E-state index contributed by atoms with van der Waals surface area (Å²) in [4.78, 5) is 17.3. The minimum Gasteiger partial charge on any atom is -0.394 e. The lowest BCUT2D eigenvalue weighted by atomic mass is 10.1. The molecule has 0 aliphatic carbocycles. The summed E-state index contributed by atoms with van der Waals surface area (Å²) in [5.41, 5.74) is 2.85. The summed E-state index contributed by atoms with van der Waals surface area (Å²) in [7, 11) is 0. The molecule has 0 saturated heterocycles. The predicted octanol–water partition coefficient (Wildman–Crippen LogP) is 2.23. The lowest BCUT2D eigenvalue weighted by molar-refractivity contribution is 0.0924. The highest BCUT2D eigenvalue weighted by molar-refractivity contribution is 6.06. The largest absolute Gasteiger partial charge is 0.394 e. The van der Waals surface area contributed by atoms with E-state index in [4.69, 9.17) is 0 Å². The van der Waals surface area contributed by atoms with Gasteiger partial charge in [0.15, 0.2) is 5.65 Å². The van der Waals surface area contributed by atoms with Gasteiger partial charge < -0.3 is 10.4 Å². The molecule has 0 aliphatic heterocycles. The van der Waals surface area contributed by atoms with Gasteiger partial charge in [0.05, 0.1) is 29.4 Å². The quantitative estimate of drug-likeness (QED) is 0.754. The standard InChI is InChI=1S/C18H20N4O2/c1-3-22-17-15(10-19-22)14(18(24)20-12(2)11-23)9-16(21-17)13-7-5-4-6-8-13/h4-10,12,23H,3,11H2,1-2H3,(H,20,24). The molecule has 0 fully saturated rings. The lowest BCUT2D eigenvalue weighted by Gasteiger charge is -2.12. The fourth-order valence-electron chi connectivity index (χ4n) is 2.57. The number of carbonyl (C=O) groups excluding carboxylic acids is 1. The number of aliphatic hydroxyl groups excluding tert-OH is 1. The number of amides is 1. The Morgan fingerprint density at radius 2 is 2.08 bits per heavy atom. The first-order valence-corrected chi connectivity index (χ1v) is 7.97. The van der Waals surface area contributed by atoms with Crippen LogP contribution in [0.3, 0.4) is 0 Å². The Kier molecular flexibility index (Phi) is 4.57. The van der Waals surface area contributed by atoms with Crippen molar-refractivity contribution in [2.24, 2.45) is 0 Å². The Balaban J connectivity index is 2.16. The number of rotatable bonds is 5. The fourth-order valence-corrected chi connectivity index (χ4v) is 2.57. The van der Waals surface area contributed by atoms with Crippen LogP contribution in [0.25, 0.3) is 22.3 Å². The number of fused-ring (bicyclic) bond motifs is 1. The molecule has 6 nitrogen and oxygen atoms in total. The first-order chi connectivity index (χ1) is 11.6. The Hall–Kier alpha value is -2.73. The van der Waals surface area contributed by atoms with Gasteiger partial charge in [0.1, 0.15) is 0 Å². The molecule has 0 bridgehead atoms. The molecule has 2 aromatic heterocycles. The van der Waals surface area contributed by atoms with Crippen molar-refractivity contribution < 1.29 is 9.90 Å². The number of nitrogens with zero attached hydrogens (tertiary/aromatic N) is 3. The van der Waals surface area contributed by atoms with E-state index in [1.165, 1.54) is 0 Å². The molecule has 2 heterocycles. The Morgan fingerprint density at radius 3 is 2.75 bits per heavy atom. The van der Waals surface area contributed by atoms with Crippen molar-refractivity contribution in [1.82, 2.24) is 20.1 Å². The molecule has 1 unspecified atom stereocenters. The maximum absolute atomic E-state index is 12.6. The van der Waals surface area contributed by atoms with Crippen molar-refractivity contribution >= 4 is 16.9 Å². The van der Waals surface area contributed by atoms with Gasteiger partial charge in [-0.05, 0) is 19.9 Å². The smallest absolute Gasteiger partial charge is 0.252 e. The molecular weight excluding hydrogens is 304 g/mol. The van der Waals surface area contributed by atoms with Crippen LogP contribution in [0.2, 0.25) is 0 Å². The molecule has 1 atom stereocenters. The van der Waals surface area contributed by atoms with Crippen LogP contribution in [0.1, 0.15) is 24.2 Å². The van der Waals surface area contributed by atoms with E-state index in [1.54, 1.807) is 23.9 Å². The minimum atomic E-state index is -0.317. The van der Waals surface area contributed by atoms with Crippen LogP contribution in [0.5, 0.6) is 0 Å². The fraction of sp³-hybridized carbons (Fsp3) is 0.278. The second kappa shape index (κ2) is 6.80. The third kappa shape index (κ3) is 3.00. The van der Waals surface area contributed by atoms with E-state index in [0.29, 0.717) is 23.1 Å². The average Bonchev–Trinajstić information content (AvgIpc) is 3.04. The SMILES string of the molecule is CCn1ncc2c(C(=O)NC(C)CO)cc(-c3ccccc3)nc21. The summed E-state index contributed by atoms with van der Waals surface area (Å²) in [6.45, 7) is 4.29. The lowest BCUT2D eigenvalue weighted by Crippen LogP contribution is -2.35. The van der Waals surface area contributed by atoms with Gasteiger partial charge in [0.25, 0.3) is 5.91 Å². The van der Waals surface area contributed by atoms with Gasteiger partial charge in [0, 0.05) is 18.2 Å². The van der Waals surface area contributed by atoms with Gasteiger partial charge in [-0.1, -0.05) is 30.3 Å². The summed E-state index contributed by atoms with van der Waals surface area (Å²) in [5.74, 6) is -0.239. The number of hydrogen-bond acceptors (Lipinski definition) is 4. The van der Waals surface area contributed by atoms with Crippen LogP contribution in [-0.4, -0.2) is 38.4 Å². The van der Waals surface area contributed by atoms with Gasteiger partial charge in [-0.3, -0.25) is 4.79 Å². The van der Waals surface area contributed by atoms with E-state index in [2.05, 4.69) is 15.4 Å². The van der Waals surface area contributed by atoms with Crippen LogP contribution in [-0.2, 0) is 6.54 Å². The maximum atomic E-state index is 12.6. The van der Waals surface area contributed by atoms with Crippen molar-refractivity contribution in [3.8, 4) is 11.3 Å². The number of aliphatic hydroxyl groups is 1. The predicted molar refractivity (Wildman–Crippen MR) is 92.7 cm³/mol. The van der Waals surface area contributed by atoms with Crippen LogP contribution in [0.15, 0.2) is 42.6 Å². The molecule has 124 valence electrons. The Labute approximate surface area is 140 Å². The van der Waals surface area contributed by atoms with Crippen LogP contribution in [0.4, 0.5) is 0 Å². The van der Waals surface area contributed by atoms with Crippen molar-refractivity contribution in [3.63, 3.8) is 0 Å². The molecular formula is C18H20N4O2. The van der Waals surface area contributed by atoms with E-state index >= 15 is 0 Å². The van der Waals surface area contributed by atoms with Gasteiger partial charge in [0.2, 0.25) is 0 Å². The van der Waals surface area contributed by atoms with Crippen LogP contribution >= 0.6 is 0 Å². The van der Waals surface area contributed by atoms with E-state index in [-0.39, 0.29) is 18.6 Å². The second-order valence-corrected chi connectivity index (χ2v) is 5.68. The topological polar surface area (TPSA) is 80.0 Å². The number of carbonyl (C=O) groups is 1. The van der Waals surface area contributed by atoms with Gasteiger partial charge in [-0.25, -0.2) is 9.67 Å². The van der Waals surface area contributed by atoms with Gasteiger partial charge in [-0.15, -0.1) is 0 Å². The molecule has 0 radical (unpaired) electrons. The summed E-state index contributed by atoms with van der Waals surface area (Å²) < 4.78 is 1.77. The van der Waals surface area contributed by atoms with Crippen molar-refractivity contribution in [2.75, 3.05) is 6.61 Å². The highest BCUT2D eigenvalue weighted by Crippen LogP contribution is 2.25.